The zero-order chi connectivity index (χ0) is 12.7. The van der Waals surface area contributed by atoms with Gasteiger partial charge in [-0.25, -0.2) is 0 Å². The molecule has 0 aliphatic heterocycles. The van der Waals surface area contributed by atoms with E-state index in [9.17, 15) is 0 Å². The number of aromatic nitrogens is 2. The average molecular weight is 254 g/mol. The number of nitrogens with two attached hydrogens (primary N) is 1. The van der Waals surface area contributed by atoms with Crippen LogP contribution >= 0.6 is 12.2 Å². The van der Waals surface area contributed by atoms with E-state index >= 15 is 0 Å². The van der Waals surface area contributed by atoms with Crippen LogP contribution in [0.3, 0.4) is 0 Å². The molecule has 0 saturated carbocycles. The highest BCUT2D eigenvalue weighted by atomic mass is 32.1. The third kappa shape index (κ3) is 3.90. The van der Waals surface area contributed by atoms with Gasteiger partial charge in [-0.3, -0.25) is 0 Å². The molecule has 94 valence electrons. The molecule has 0 aromatic carbocycles. The SMILES string of the molecule is CCCCN(CCO)c1nnccc1C(N)=S. The molecular formula is C11H18N4OS. The number of thiocarbonyl (C=S) groups is 1. The van der Waals surface area contributed by atoms with E-state index in [0.29, 0.717) is 22.9 Å². The van der Waals surface area contributed by atoms with Crippen molar-refractivity contribution in [1.29, 1.82) is 0 Å². The van der Waals surface area contributed by atoms with Gasteiger partial charge in [-0.2, -0.15) is 5.10 Å². The first kappa shape index (κ1) is 13.8. The highest BCUT2D eigenvalue weighted by Gasteiger charge is 2.14. The third-order valence-electron chi connectivity index (χ3n) is 2.42. The van der Waals surface area contributed by atoms with Crippen LogP contribution in [0.2, 0.25) is 0 Å². The Labute approximate surface area is 107 Å². The van der Waals surface area contributed by atoms with Crippen molar-refractivity contribution in [2.75, 3.05) is 24.6 Å². The summed E-state index contributed by atoms with van der Waals surface area (Å²) < 4.78 is 0. The van der Waals surface area contributed by atoms with Crippen LogP contribution < -0.4 is 10.6 Å². The van der Waals surface area contributed by atoms with E-state index < -0.39 is 0 Å². The van der Waals surface area contributed by atoms with Gasteiger partial charge in [0.1, 0.15) is 4.99 Å². The van der Waals surface area contributed by atoms with E-state index in [4.69, 9.17) is 23.1 Å². The van der Waals surface area contributed by atoms with Gasteiger partial charge in [0.25, 0.3) is 0 Å². The fourth-order valence-electron chi connectivity index (χ4n) is 1.54. The summed E-state index contributed by atoms with van der Waals surface area (Å²) in [5, 5.41) is 17.0. The van der Waals surface area contributed by atoms with E-state index in [-0.39, 0.29) is 6.61 Å². The smallest absolute Gasteiger partial charge is 0.161 e. The molecule has 17 heavy (non-hydrogen) atoms. The molecule has 5 nitrogen and oxygen atoms in total. The first-order valence-corrected chi connectivity index (χ1v) is 6.08. The Bertz CT molecular complexity index is 372. The molecule has 1 aromatic heterocycles. The van der Waals surface area contributed by atoms with Gasteiger partial charge in [0.2, 0.25) is 0 Å². The van der Waals surface area contributed by atoms with Crippen molar-refractivity contribution in [3.05, 3.63) is 17.8 Å². The Morgan fingerprint density at radius 3 is 2.88 bits per heavy atom. The number of aliphatic hydroxyl groups excluding tert-OH is 1. The Morgan fingerprint density at radius 1 is 1.53 bits per heavy atom. The lowest BCUT2D eigenvalue weighted by atomic mass is 10.2. The molecule has 0 bridgehead atoms. The minimum atomic E-state index is 0.0665. The number of hydrogen-bond donors (Lipinski definition) is 2. The maximum Gasteiger partial charge on any atom is 0.161 e. The van der Waals surface area contributed by atoms with Crippen LogP contribution in [0.25, 0.3) is 0 Å². The maximum absolute atomic E-state index is 9.07. The zero-order valence-electron chi connectivity index (χ0n) is 9.96. The summed E-state index contributed by atoms with van der Waals surface area (Å²) in [7, 11) is 0. The van der Waals surface area contributed by atoms with Crippen molar-refractivity contribution in [3.63, 3.8) is 0 Å². The molecule has 0 amide bonds. The van der Waals surface area contributed by atoms with Crippen molar-refractivity contribution < 1.29 is 5.11 Å². The molecule has 0 spiro atoms. The number of anilines is 1. The van der Waals surface area contributed by atoms with E-state index in [1.54, 1.807) is 12.3 Å². The van der Waals surface area contributed by atoms with Crippen molar-refractivity contribution in [3.8, 4) is 0 Å². The first-order chi connectivity index (χ1) is 8.20. The second-order valence-corrected chi connectivity index (χ2v) is 4.14. The number of aliphatic hydroxyl groups is 1. The fraction of sp³-hybridized carbons (Fsp3) is 0.545. The highest BCUT2D eigenvalue weighted by Crippen LogP contribution is 2.16. The van der Waals surface area contributed by atoms with Crippen LogP contribution in [0.1, 0.15) is 25.3 Å². The number of hydrogen-bond acceptors (Lipinski definition) is 5. The Kier molecular flexibility index (Phi) is 5.79. The average Bonchev–Trinajstić information content (AvgIpc) is 2.34. The zero-order valence-corrected chi connectivity index (χ0v) is 10.8. The van der Waals surface area contributed by atoms with Gasteiger partial charge >= 0.3 is 0 Å². The summed E-state index contributed by atoms with van der Waals surface area (Å²) in [6.07, 6.45) is 3.66. The van der Waals surface area contributed by atoms with Crippen LogP contribution in [-0.4, -0.2) is 40.0 Å². The van der Waals surface area contributed by atoms with E-state index in [1.165, 1.54) is 0 Å². The standard InChI is InChI=1S/C11H18N4OS/c1-2-3-6-15(7-8-16)11-9(10(12)17)4-5-13-14-11/h4-5,16H,2-3,6-8H2,1H3,(H2,12,17). The van der Waals surface area contributed by atoms with E-state index in [1.807, 2.05) is 4.90 Å². The van der Waals surface area contributed by atoms with Gasteiger partial charge in [0.15, 0.2) is 5.82 Å². The summed E-state index contributed by atoms with van der Waals surface area (Å²) >= 11 is 4.99. The van der Waals surface area contributed by atoms with Gasteiger partial charge in [-0.05, 0) is 12.5 Å². The van der Waals surface area contributed by atoms with Crippen LogP contribution in [0.15, 0.2) is 12.3 Å². The van der Waals surface area contributed by atoms with Gasteiger partial charge < -0.3 is 15.7 Å². The molecule has 0 saturated heterocycles. The predicted molar refractivity (Wildman–Crippen MR) is 72.1 cm³/mol. The molecule has 0 unspecified atom stereocenters. The topological polar surface area (TPSA) is 75.3 Å². The number of unbranched alkanes of at least 4 members (excludes halogenated alkanes) is 1. The van der Waals surface area contributed by atoms with Crippen molar-refractivity contribution >= 4 is 23.0 Å². The second-order valence-electron chi connectivity index (χ2n) is 3.70. The molecule has 0 aliphatic carbocycles. The van der Waals surface area contributed by atoms with Crippen LogP contribution in [0.4, 0.5) is 5.82 Å². The monoisotopic (exact) mass is 254 g/mol. The fourth-order valence-corrected chi connectivity index (χ4v) is 1.70. The minimum absolute atomic E-state index is 0.0665. The lowest BCUT2D eigenvalue weighted by Crippen LogP contribution is -2.31. The van der Waals surface area contributed by atoms with Crippen LogP contribution in [-0.2, 0) is 0 Å². The second kappa shape index (κ2) is 7.13. The summed E-state index contributed by atoms with van der Waals surface area (Å²) in [4.78, 5) is 2.26. The molecule has 0 fully saturated rings. The summed E-state index contributed by atoms with van der Waals surface area (Å²) in [5.74, 6) is 0.655. The summed E-state index contributed by atoms with van der Waals surface area (Å²) in [5.41, 5.74) is 6.36. The van der Waals surface area contributed by atoms with E-state index in [2.05, 4.69) is 17.1 Å². The minimum Gasteiger partial charge on any atom is -0.395 e. The maximum atomic E-state index is 9.07. The molecular weight excluding hydrogens is 236 g/mol. The van der Waals surface area contributed by atoms with Gasteiger partial charge in [0.05, 0.1) is 18.4 Å². The molecule has 1 heterocycles. The molecule has 0 radical (unpaired) electrons. The van der Waals surface area contributed by atoms with Crippen molar-refractivity contribution in [2.45, 2.75) is 19.8 Å². The first-order valence-electron chi connectivity index (χ1n) is 5.68. The van der Waals surface area contributed by atoms with E-state index in [0.717, 1.165) is 19.4 Å². The highest BCUT2D eigenvalue weighted by molar-refractivity contribution is 7.80. The van der Waals surface area contributed by atoms with Gasteiger partial charge in [-0.15, -0.1) is 5.10 Å². The molecule has 0 aliphatic rings. The van der Waals surface area contributed by atoms with Crippen molar-refractivity contribution in [2.24, 2.45) is 5.73 Å². The van der Waals surface area contributed by atoms with Gasteiger partial charge in [0, 0.05) is 13.1 Å². The van der Waals surface area contributed by atoms with Gasteiger partial charge in [-0.1, -0.05) is 25.6 Å². The summed E-state index contributed by atoms with van der Waals surface area (Å²) in [6.45, 7) is 3.50. The Morgan fingerprint density at radius 2 is 2.29 bits per heavy atom. The molecule has 1 rings (SSSR count). The lowest BCUT2D eigenvalue weighted by Gasteiger charge is -2.23. The molecule has 0 atom stereocenters. The molecule has 6 heteroatoms. The Balaban J connectivity index is 2.95. The predicted octanol–water partition coefficient (Wildman–Crippen LogP) is 0.710. The molecule has 3 N–H and O–H groups in total. The van der Waals surface area contributed by atoms with Crippen molar-refractivity contribution in [1.82, 2.24) is 10.2 Å². The largest absolute Gasteiger partial charge is 0.395 e. The normalized spacial score (nSPS) is 10.2. The quantitative estimate of drug-likeness (QED) is 0.698. The van der Waals surface area contributed by atoms with Crippen LogP contribution in [0.5, 0.6) is 0 Å². The van der Waals surface area contributed by atoms with Crippen LogP contribution in [0, 0.1) is 0 Å². The third-order valence-corrected chi connectivity index (χ3v) is 2.64. The number of rotatable bonds is 7. The molecule has 1 aromatic rings. The number of nitrogens with zero attached hydrogens (tertiary/aromatic N) is 3. The summed E-state index contributed by atoms with van der Waals surface area (Å²) in [6, 6.07) is 1.75. The Hall–Kier alpha value is -1.27. The lowest BCUT2D eigenvalue weighted by molar-refractivity contribution is 0.301.